The number of aromatic nitrogens is 2. The molecule has 1 aliphatic rings. The van der Waals surface area contributed by atoms with Crippen molar-refractivity contribution in [2.75, 3.05) is 38.5 Å². The number of piperidine rings is 1. The summed E-state index contributed by atoms with van der Waals surface area (Å²) in [5.41, 5.74) is 0.704. The predicted molar refractivity (Wildman–Crippen MR) is 119 cm³/mol. The monoisotopic (exact) mass is 417 g/mol. The molecule has 2 aromatic rings. The van der Waals surface area contributed by atoms with Gasteiger partial charge in [0.05, 0.1) is 36.3 Å². The summed E-state index contributed by atoms with van der Waals surface area (Å²) >= 11 is 1.38. The fourth-order valence-corrected chi connectivity index (χ4v) is 4.97. The first-order valence-electron chi connectivity index (χ1n) is 10.9. The molecule has 6 nitrogen and oxygen atoms in total. The smallest absolute Gasteiger partial charge is 0.262 e. The zero-order valence-electron chi connectivity index (χ0n) is 17.7. The Labute approximate surface area is 177 Å². The number of likely N-dealkylation sites (tertiary alicyclic amines) is 1. The summed E-state index contributed by atoms with van der Waals surface area (Å²) in [6.07, 6.45) is 4.91. The van der Waals surface area contributed by atoms with Crippen LogP contribution in [-0.4, -0.2) is 58.8 Å². The van der Waals surface area contributed by atoms with Crippen LogP contribution in [0.25, 0.3) is 10.9 Å². The van der Waals surface area contributed by atoms with Gasteiger partial charge in [0.1, 0.15) is 0 Å². The van der Waals surface area contributed by atoms with Crippen molar-refractivity contribution in [3.8, 4) is 0 Å². The molecule has 1 aliphatic heterocycles. The number of hydrogen-bond acceptors (Lipinski definition) is 4. The minimum atomic E-state index is 0.00188. The number of para-hydroxylation sites is 1. The van der Waals surface area contributed by atoms with Crippen LogP contribution in [0.3, 0.4) is 0 Å². The van der Waals surface area contributed by atoms with Gasteiger partial charge < -0.3 is 9.80 Å². The molecule has 0 unspecified atom stereocenters. The quantitative estimate of drug-likeness (QED) is 0.499. The van der Waals surface area contributed by atoms with Crippen molar-refractivity contribution in [3.63, 3.8) is 0 Å². The molecule has 0 aliphatic carbocycles. The van der Waals surface area contributed by atoms with E-state index in [9.17, 15) is 9.59 Å². The van der Waals surface area contributed by atoms with E-state index in [0.717, 1.165) is 13.0 Å². The number of thioether (sulfide) groups is 1. The standard InChI is InChI=1S/C22H32N4O2S/c1-3-25(4-2)20(27)17-29-22-23-19-12-7-6-11-18(19)21(28)26(22)16-10-15-24-13-8-5-9-14-24/h6-7,11-12H,3-5,8-10,13-17H2,1-2H3/p+1. The maximum Gasteiger partial charge on any atom is 0.262 e. The molecular weight excluding hydrogens is 384 g/mol. The van der Waals surface area contributed by atoms with E-state index in [1.807, 2.05) is 43.0 Å². The number of carbonyl (C=O) groups is 1. The normalized spacial score (nSPS) is 15.0. The Bertz CT molecular complexity index is 873. The number of nitrogens with one attached hydrogen (secondary N) is 1. The van der Waals surface area contributed by atoms with Gasteiger partial charge in [0.2, 0.25) is 5.91 Å². The Morgan fingerprint density at radius 3 is 2.62 bits per heavy atom. The third-order valence-corrected chi connectivity index (χ3v) is 6.70. The number of nitrogens with zero attached hydrogens (tertiary/aromatic N) is 3. The molecule has 7 heteroatoms. The van der Waals surface area contributed by atoms with E-state index in [0.29, 0.717) is 41.4 Å². The van der Waals surface area contributed by atoms with Crippen LogP contribution < -0.4 is 10.5 Å². The van der Waals surface area contributed by atoms with E-state index in [2.05, 4.69) is 0 Å². The van der Waals surface area contributed by atoms with Gasteiger partial charge in [-0.1, -0.05) is 23.9 Å². The molecule has 1 saturated heterocycles. The van der Waals surface area contributed by atoms with Gasteiger partial charge in [0.25, 0.3) is 5.56 Å². The van der Waals surface area contributed by atoms with Crippen molar-refractivity contribution in [2.45, 2.75) is 51.2 Å². The molecular formula is C22H33N4O2S+. The van der Waals surface area contributed by atoms with Crippen molar-refractivity contribution >= 4 is 28.6 Å². The molecule has 158 valence electrons. The zero-order chi connectivity index (χ0) is 20.6. The molecule has 1 fully saturated rings. The van der Waals surface area contributed by atoms with Crippen LogP contribution in [0.1, 0.15) is 39.5 Å². The number of benzene rings is 1. The SMILES string of the molecule is CCN(CC)C(=O)CSc1nc2ccccc2c(=O)n1CCC[NH+]1CCCCC1. The first kappa shape index (κ1) is 21.8. The third kappa shape index (κ3) is 5.60. The van der Waals surface area contributed by atoms with Gasteiger partial charge in [-0.05, 0) is 45.2 Å². The summed E-state index contributed by atoms with van der Waals surface area (Å²) in [4.78, 5) is 33.8. The molecule has 0 spiro atoms. The van der Waals surface area contributed by atoms with Gasteiger partial charge in [-0.3, -0.25) is 14.2 Å². The molecule has 29 heavy (non-hydrogen) atoms. The minimum absolute atomic E-state index is 0.00188. The lowest BCUT2D eigenvalue weighted by molar-refractivity contribution is -0.905. The van der Waals surface area contributed by atoms with Gasteiger partial charge in [0, 0.05) is 26.1 Å². The van der Waals surface area contributed by atoms with E-state index >= 15 is 0 Å². The maximum atomic E-state index is 13.1. The number of fused-ring (bicyclic) bond motifs is 1. The van der Waals surface area contributed by atoms with Crippen LogP contribution in [0.5, 0.6) is 0 Å². The second-order valence-electron chi connectivity index (χ2n) is 7.64. The van der Waals surface area contributed by atoms with Gasteiger partial charge in [0.15, 0.2) is 5.16 Å². The highest BCUT2D eigenvalue weighted by Crippen LogP contribution is 2.18. The number of hydrogen-bond donors (Lipinski definition) is 1. The average molecular weight is 418 g/mol. The lowest BCUT2D eigenvalue weighted by Gasteiger charge is -2.23. The Morgan fingerprint density at radius 1 is 1.17 bits per heavy atom. The van der Waals surface area contributed by atoms with Crippen LogP contribution in [0.15, 0.2) is 34.2 Å². The molecule has 3 rings (SSSR count). The van der Waals surface area contributed by atoms with Crippen molar-refractivity contribution in [2.24, 2.45) is 0 Å². The van der Waals surface area contributed by atoms with Crippen molar-refractivity contribution in [1.82, 2.24) is 14.5 Å². The molecule has 0 saturated carbocycles. The second-order valence-corrected chi connectivity index (χ2v) is 8.58. The fourth-order valence-electron chi connectivity index (χ4n) is 4.04. The number of rotatable bonds is 9. The molecule has 0 atom stereocenters. The van der Waals surface area contributed by atoms with Crippen LogP contribution in [0.4, 0.5) is 0 Å². The minimum Gasteiger partial charge on any atom is -0.343 e. The lowest BCUT2D eigenvalue weighted by Crippen LogP contribution is -3.12. The second kappa shape index (κ2) is 10.8. The molecule has 2 heterocycles. The predicted octanol–water partition coefficient (Wildman–Crippen LogP) is 1.82. The molecule has 1 aromatic heterocycles. The summed E-state index contributed by atoms with van der Waals surface area (Å²) in [6.45, 7) is 9.59. The highest BCUT2D eigenvalue weighted by Gasteiger charge is 2.17. The van der Waals surface area contributed by atoms with E-state index in [1.54, 1.807) is 9.47 Å². The van der Waals surface area contributed by atoms with E-state index in [4.69, 9.17) is 4.98 Å². The number of amides is 1. The summed E-state index contributed by atoms with van der Waals surface area (Å²) in [5.74, 6) is 0.399. The Morgan fingerprint density at radius 2 is 1.90 bits per heavy atom. The Hall–Kier alpha value is -1.86. The largest absolute Gasteiger partial charge is 0.343 e. The Kier molecular flexibility index (Phi) is 8.12. The molecule has 1 N–H and O–H groups in total. The van der Waals surface area contributed by atoms with Crippen LogP contribution >= 0.6 is 11.8 Å². The molecule has 0 bridgehead atoms. The van der Waals surface area contributed by atoms with Gasteiger partial charge in [-0.25, -0.2) is 4.98 Å². The summed E-state index contributed by atoms with van der Waals surface area (Å²) in [7, 11) is 0. The fraction of sp³-hybridized carbons (Fsp3) is 0.591. The van der Waals surface area contributed by atoms with Crippen LogP contribution in [0.2, 0.25) is 0 Å². The van der Waals surface area contributed by atoms with Gasteiger partial charge in [-0.2, -0.15) is 0 Å². The summed E-state index contributed by atoms with van der Waals surface area (Å²) in [5, 5.41) is 1.31. The van der Waals surface area contributed by atoms with Crippen molar-refractivity contribution in [1.29, 1.82) is 0 Å². The van der Waals surface area contributed by atoms with Gasteiger partial charge in [-0.15, -0.1) is 0 Å². The average Bonchev–Trinajstić information content (AvgIpc) is 2.75. The highest BCUT2D eigenvalue weighted by molar-refractivity contribution is 7.99. The van der Waals surface area contributed by atoms with E-state index in [1.165, 1.54) is 44.1 Å². The molecule has 1 aromatic carbocycles. The topological polar surface area (TPSA) is 59.6 Å². The van der Waals surface area contributed by atoms with Crippen molar-refractivity contribution in [3.05, 3.63) is 34.6 Å². The molecule has 1 amide bonds. The zero-order valence-corrected chi connectivity index (χ0v) is 18.5. The Balaban J connectivity index is 1.77. The number of quaternary nitrogens is 1. The lowest BCUT2D eigenvalue weighted by atomic mass is 10.1. The first-order valence-corrected chi connectivity index (χ1v) is 11.9. The number of carbonyl (C=O) groups excluding carboxylic acids is 1. The maximum absolute atomic E-state index is 13.1. The van der Waals surface area contributed by atoms with E-state index < -0.39 is 0 Å². The van der Waals surface area contributed by atoms with Crippen LogP contribution in [-0.2, 0) is 11.3 Å². The summed E-state index contributed by atoms with van der Waals surface area (Å²) in [6, 6.07) is 7.49. The molecule has 0 radical (unpaired) electrons. The van der Waals surface area contributed by atoms with Crippen LogP contribution in [0, 0.1) is 0 Å². The first-order chi connectivity index (χ1) is 14.1. The third-order valence-electron chi connectivity index (χ3n) is 5.74. The van der Waals surface area contributed by atoms with E-state index in [-0.39, 0.29) is 11.5 Å². The van der Waals surface area contributed by atoms with Gasteiger partial charge >= 0.3 is 0 Å². The summed E-state index contributed by atoms with van der Waals surface area (Å²) < 4.78 is 1.78. The highest BCUT2D eigenvalue weighted by atomic mass is 32.2. The van der Waals surface area contributed by atoms with Crippen molar-refractivity contribution < 1.29 is 9.69 Å².